The van der Waals surface area contributed by atoms with E-state index in [0.717, 1.165) is 16.6 Å². The number of hydrogen-bond acceptors (Lipinski definition) is 2. The highest BCUT2D eigenvalue weighted by Crippen LogP contribution is 2.42. The Morgan fingerprint density at radius 2 is 2.10 bits per heavy atom. The molecule has 0 radical (unpaired) electrons. The summed E-state index contributed by atoms with van der Waals surface area (Å²) in [5.74, 6) is 2.36. The smallest absolute Gasteiger partial charge is 0.124 e. The lowest BCUT2D eigenvalue weighted by Crippen LogP contribution is -2.38. The van der Waals surface area contributed by atoms with Crippen LogP contribution in [0.5, 0.6) is 5.75 Å². The van der Waals surface area contributed by atoms with Gasteiger partial charge in [-0.2, -0.15) is 0 Å². The first-order chi connectivity index (χ1) is 10.1. The van der Waals surface area contributed by atoms with Crippen LogP contribution < -0.4 is 10.1 Å². The topological polar surface area (TPSA) is 21.3 Å². The summed E-state index contributed by atoms with van der Waals surface area (Å²) in [6.07, 6.45) is 6.22. The molecule has 2 nitrogen and oxygen atoms in total. The number of rotatable bonds is 2. The van der Waals surface area contributed by atoms with Crippen LogP contribution >= 0.6 is 15.9 Å². The fourth-order valence-corrected chi connectivity index (χ4v) is 4.29. The van der Waals surface area contributed by atoms with Crippen molar-refractivity contribution in [1.29, 1.82) is 0 Å². The molecule has 0 saturated carbocycles. The molecule has 1 heterocycles. The molecule has 0 spiro atoms. The molecule has 3 heteroatoms. The fraction of sp³-hybridized carbons (Fsp3) is 0.556. The van der Waals surface area contributed by atoms with Crippen LogP contribution in [0, 0.1) is 11.8 Å². The number of benzene rings is 1. The number of fused-ring (bicyclic) bond motifs is 1. The second-order valence-electron chi connectivity index (χ2n) is 6.61. The van der Waals surface area contributed by atoms with Crippen LogP contribution in [0.1, 0.15) is 44.7 Å². The quantitative estimate of drug-likeness (QED) is 0.770. The van der Waals surface area contributed by atoms with Gasteiger partial charge in [0.25, 0.3) is 0 Å². The summed E-state index contributed by atoms with van der Waals surface area (Å²) < 4.78 is 7.49. The Bertz CT molecular complexity index is 554. The van der Waals surface area contributed by atoms with Crippen molar-refractivity contribution in [3.63, 3.8) is 0 Å². The number of allylic oxidation sites excluding steroid dienone is 2. The normalized spacial score (nSPS) is 32.1. The van der Waals surface area contributed by atoms with E-state index in [-0.39, 0.29) is 0 Å². The van der Waals surface area contributed by atoms with Crippen LogP contribution in [0.15, 0.2) is 34.3 Å². The predicted octanol–water partition coefficient (Wildman–Crippen LogP) is 4.85. The maximum Gasteiger partial charge on any atom is 0.124 e. The van der Waals surface area contributed by atoms with Crippen LogP contribution in [0.4, 0.5) is 0 Å². The summed E-state index contributed by atoms with van der Waals surface area (Å²) in [6.45, 7) is 4.57. The van der Waals surface area contributed by atoms with E-state index in [2.05, 4.69) is 59.4 Å². The third-order valence-electron chi connectivity index (χ3n) is 4.80. The molecule has 0 saturated heterocycles. The number of ether oxygens (including phenoxy) is 1. The maximum atomic E-state index is 6.37. The van der Waals surface area contributed by atoms with Crippen molar-refractivity contribution in [2.75, 3.05) is 7.05 Å². The molecule has 114 valence electrons. The molecular weight excluding hydrogens is 326 g/mol. The number of halogens is 1. The summed E-state index contributed by atoms with van der Waals surface area (Å²) >= 11 is 3.56. The molecule has 21 heavy (non-hydrogen) atoms. The van der Waals surface area contributed by atoms with Gasteiger partial charge in [0.1, 0.15) is 11.9 Å². The first kappa shape index (κ1) is 15.1. The van der Waals surface area contributed by atoms with Crippen molar-refractivity contribution in [3.05, 3.63) is 39.9 Å². The Balaban J connectivity index is 1.84. The van der Waals surface area contributed by atoms with Crippen molar-refractivity contribution >= 4 is 15.9 Å². The Morgan fingerprint density at radius 3 is 2.81 bits per heavy atom. The zero-order valence-corrected chi connectivity index (χ0v) is 14.6. The molecule has 1 aromatic carbocycles. The average molecular weight is 350 g/mol. The van der Waals surface area contributed by atoms with E-state index in [1.165, 1.54) is 24.0 Å². The summed E-state index contributed by atoms with van der Waals surface area (Å²) in [5.41, 5.74) is 2.80. The van der Waals surface area contributed by atoms with Crippen molar-refractivity contribution in [1.82, 2.24) is 5.32 Å². The highest BCUT2D eigenvalue weighted by Gasteiger charge is 2.34. The summed E-state index contributed by atoms with van der Waals surface area (Å²) in [7, 11) is 2.05. The standard InChI is InChI=1S/C18H24BrNO/c1-11-6-12(2)8-13(7-11)18-10-16(20-3)15-9-14(19)4-5-17(15)21-18/h4-6,9,11,13,16,18,20H,7-8,10H2,1-3H3. The second-order valence-corrected chi connectivity index (χ2v) is 7.52. The lowest BCUT2D eigenvalue weighted by atomic mass is 9.77. The molecule has 0 fully saturated rings. The molecule has 1 aliphatic carbocycles. The van der Waals surface area contributed by atoms with Gasteiger partial charge in [0.05, 0.1) is 0 Å². The lowest BCUT2D eigenvalue weighted by Gasteiger charge is -2.38. The lowest BCUT2D eigenvalue weighted by molar-refractivity contribution is 0.0811. The Labute approximate surface area is 136 Å². The molecule has 4 atom stereocenters. The molecule has 1 N–H and O–H groups in total. The van der Waals surface area contributed by atoms with Gasteiger partial charge < -0.3 is 10.1 Å². The van der Waals surface area contributed by atoms with Crippen molar-refractivity contribution in [2.45, 2.75) is 45.3 Å². The Hall–Kier alpha value is -0.800. The van der Waals surface area contributed by atoms with Crippen LogP contribution in [0.3, 0.4) is 0 Å². The van der Waals surface area contributed by atoms with Gasteiger partial charge in [0.2, 0.25) is 0 Å². The zero-order valence-electron chi connectivity index (χ0n) is 13.0. The van der Waals surface area contributed by atoms with Crippen molar-refractivity contribution in [3.8, 4) is 5.75 Å². The first-order valence-corrected chi connectivity index (χ1v) is 8.66. The van der Waals surface area contributed by atoms with Gasteiger partial charge in [0, 0.05) is 28.4 Å². The SMILES string of the molecule is CNC1CC(C2CC(C)=CC(C)C2)Oc2ccc(Br)cc21. The summed E-state index contributed by atoms with van der Waals surface area (Å²) in [4.78, 5) is 0. The van der Waals surface area contributed by atoms with Crippen LogP contribution in [0.25, 0.3) is 0 Å². The molecule has 0 amide bonds. The Morgan fingerprint density at radius 1 is 1.29 bits per heavy atom. The van der Waals surface area contributed by atoms with Crippen LogP contribution in [0.2, 0.25) is 0 Å². The van der Waals surface area contributed by atoms with Crippen LogP contribution in [-0.2, 0) is 0 Å². The molecule has 0 aromatic heterocycles. The third-order valence-corrected chi connectivity index (χ3v) is 5.29. The van der Waals surface area contributed by atoms with Crippen molar-refractivity contribution in [2.24, 2.45) is 11.8 Å². The molecule has 2 aliphatic rings. The van der Waals surface area contributed by atoms with Gasteiger partial charge in [-0.25, -0.2) is 0 Å². The third kappa shape index (κ3) is 3.19. The molecule has 0 bridgehead atoms. The van der Waals surface area contributed by atoms with Crippen molar-refractivity contribution < 1.29 is 4.74 Å². The number of hydrogen-bond donors (Lipinski definition) is 1. The molecule has 3 rings (SSSR count). The zero-order chi connectivity index (χ0) is 15.0. The largest absolute Gasteiger partial charge is 0.490 e. The molecular formula is C18H24BrNO. The molecule has 4 unspecified atom stereocenters. The van der Waals surface area contributed by atoms with E-state index in [9.17, 15) is 0 Å². The minimum atomic E-state index is 0.322. The monoisotopic (exact) mass is 349 g/mol. The van der Waals surface area contributed by atoms with Gasteiger partial charge in [-0.1, -0.05) is 34.5 Å². The van der Waals surface area contributed by atoms with E-state index in [0.29, 0.717) is 24.0 Å². The molecule has 1 aliphatic heterocycles. The van der Waals surface area contributed by atoms with Gasteiger partial charge in [-0.15, -0.1) is 0 Å². The van der Waals surface area contributed by atoms with Gasteiger partial charge >= 0.3 is 0 Å². The van der Waals surface area contributed by atoms with E-state index in [4.69, 9.17) is 4.74 Å². The van der Waals surface area contributed by atoms with Gasteiger partial charge in [0.15, 0.2) is 0 Å². The Kier molecular flexibility index (Phi) is 4.41. The van der Waals surface area contributed by atoms with Gasteiger partial charge in [-0.05, 0) is 50.9 Å². The first-order valence-electron chi connectivity index (χ1n) is 7.87. The van der Waals surface area contributed by atoms with E-state index >= 15 is 0 Å². The summed E-state index contributed by atoms with van der Waals surface area (Å²) in [6, 6.07) is 6.74. The van der Waals surface area contributed by atoms with E-state index in [1.807, 2.05) is 7.05 Å². The number of nitrogens with one attached hydrogen (secondary N) is 1. The minimum absolute atomic E-state index is 0.322. The summed E-state index contributed by atoms with van der Waals surface area (Å²) in [5, 5.41) is 3.46. The van der Waals surface area contributed by atoms with Gasteiger partial charge in [-0.3, -0.25) is 0 Å². The predicted molar refractivity (Wildman–Crippen MR) is 90.6 cm³/mol. The highest BCUT2D eigenvalue weighted by atomic mass is 79.9. The highest BCUT2D eigenvalue weighted by molar-refractivity contribution is 9.10. The fourth-order valence-electron chi connectivity index (χ4n) is 3.91. The maximum absolute atomic E-state index is 6.37. The van der Waals surface area contributed by atoms with E-state index < -0.39 is 0 Å². The molecule has 1 aromatic rings. The second kappa shape index (κ2) is 6.13. The van der Waals surface area contributed by atoms with E-state index in [1.54, 1.807) is 0 Å². The average Bonchev–Trinajstić information content (AvgIpc) is 2.45. The van der Waals surface area contributed by atoms with Crippen LogP contribution in [-0.4, -0.2) is 13.2 Å². The minimum Gasteiger partial charge on any atom is -0.490 e.